The molecule has 0 aliphatic heterocycles. The van der Waals surface area contributed by atoms with Gasteiger partial charge in [-0.15, -0.1) is 0 Å². The second-order valence-corrected chi connectivity index (χ2v) is 10.9. The van der Waals surface area contributed by atoms with Crippen molar-refractivity contribution in [3.63, 3.8) is 0 Å². The monoisotopic (exact) mass is 555 g/mol. The smallest absolute Gasteiger partial charge is 0.355 e. The molecule has 0 heterocycles. The van der Waals surface area contributed by atoms with Gasteiger partial charge in [-0.3, -0.25) is 5.73 Å². The highest BCUT2D eigenvalue weighted by Crippen LogP contribution is 2.29. The second-order valence-electron chi connectivity index (χ2n) is 8.87. The summed E-state index contributed by atoms with van der Waals surface area (Å²) in [6.45, 7) is -0.137. The molecular formula is C32H29NO6S. The van der Waals surface area contributed by atoms with E-state index >= 15 is 0 Å². The molecule has 7 nitrogen and oxygen atoms in total. The lowest BCUT2D eigenvalue weighted by Crippen LogP contribution is -2.61. The molecule has 0 fully saturated rings. The minimum absolute atomic E-state index is 0.0702. The molecule has 0 bridgehead atoms. The first kappa shape index (κ1) is 28.6. The van der Waals surface area contributed by atoms with Gasteiger partial charge in [-0.05, 0) is 53.1 Å². The summed E-state index contributed by atoms with van der Waals surface area (Å²) < 4.78 is 44.1. The molecule has 4 rings (SSSR count). The lowest BCUT2D eigenvalue weighted by atomic mass is 10.1. The van der Waals surface area contributed by atoms with Gasteiger partial charge in [-0.25, -0.2) is 13.2 Å². The fraction of sp³-hybridized carbons (Fsp3) is 0.156. The molecule has 0 amide bonds. The third kappa shape index (κ3) is 6.41. The van der Waals surface area contributed by atoms with Gasteiger partial charge in [0.2, 0.25) is 5.72 Å². The van der Waals surface area contributed by atoms with Crippen LogP contribution in [0.2, 0.25) is 0 Å². The molecule has 0 saturated carbocycles. The van der Waals surface area contributed by atoms with Gasteiger partial charge >= 0.3 is 5.97 Å². The number of rotatable bonds is 9. The lowest BCUT2D eigenvalue weighted by molar-refractivity contribution is -0.169. The Hall–Kier alpha value is -4.42. The summed E-state index contributed by atoms with van der Waals surface area (Å²) in [5, 5.41) is -1.79. The molecule has 0 aliphatic rings. The van der Waals surface area contributed by atoms with Crippen molar-refractivity contribution in [3.05, 3.63) is 120 Å². The number of benzene rings is 4. The molecule has 0 radical (unpaired) electrons. The number of nitrogens with two attached hydrogens (primary N) is 1. The van der Waals surface area contributed by atoms with E-state index in [1.165, 1.54) is 12.1 Å². The summed E-state index contributed by atoms with van der Waals surface area (Å²) in [5.41, 5.74) is 6.97. The Morgan fingerprint density at radius 2 is 1.38 bits per heavy atom. The first-order valence-corrected chi connectivity index (χ1v) is 13.9. The SMILES string of the molecule is COC(=O)[C@@](N)(OCc1ccccc1)[C@H](C#Cc1ccccc1)S(=O)(=O)c1ccc(-c2ccc(OC)cc2)cc1. The maximum absolute atomic E-state index is 14.1. The van der Waals surface area contributed by atoms with Crippen molar-refractivity contribution in [1.29, 1.82) is 0 Å². The van der Waals surface area contributed by atoms with Crippen molar-refractivity contribution in [2.24, 2.45) is 5.73 Å². The molecule has 0 saturated heterocycles. The van der Waals surface area contributed by atoms with E-state index in [-0.39, 0.29) is 11.5 Å². The Kier molecular flexibility index (Phi) is 9.02. The number of hydrogen-bond acceptors (Lipinski definition) is 7. The van der Waals surface area contributed by atoms with Crippen LogP contribution in [-0.2, 0) is 30.7 Å². The summed E-state index contributed by atoms with van der Waals surface area (Å²) in [5.74, 6) is 5.21. The van der Waals surface area contributed by atoms with Crippen LogP contribution in [-0.4, -0.2) is 39.6 Å². The zero-order chi connectivity index (χ0) is 28.6. The van der Waals surface area contributed by atoms with Crippen LogP contribution in [0, 0.1) is 11.8 Å². The van der Waals surface area contributed by atoms with Crippen LogP contribution in [0.15, 0.2) is 114 Å². The first-order valence-electron chi connectivity index (χ1n) is 12.4. The third-order valence-corrected chi connectivity index (χ3v) is 8.27. The Morgan fingerprint density at radius 1 is 0.825 bits per heavy atom. The predicted octanol–water partition coefficient (Wildman–Crippen LogP) is 4.60. The van der Waals surface area contributed by atoms with Crippen LogP contribution in [0.3, 0.4) is 0 Å². The number of carbonyl (C=O) groups excluding carboxylic acids is 1. The minimum atomic E-state index is -4.34. The highest BCUT2D eigenvalue weighted by atomic mass is 32.2. The van der Waals surface area contributed by atoms with Crippen LogP contribution < -0.4 is 10.5 Å². The Labute approximate surface area is 234 Å². The Balaban J connectivity index is 1.76. The zero-order valence-electron chi connectivity index (χ0n) is 22.1. The molecule has 8 heteroatoms. The molecule has 0 aliphatic carbocycles. The topological polar surface area (TPSA) is 105 Å². The number of sulfone groups is 1. The molecule has 2 N–H and O–H groups in total. The third-order valence-electron chi connectivity index (χ3n) is 6.25. The van der Waals surface area contributed by atoms with Gasteiger partial charge in [0.1, 0.15) is 5.75 Å². The maximum Gasteiger partial charge on any atom is 0.355 e. The van der Waals surface area contributed by atoms with Crippen LogP contribution in [0.5, 0.6) is 5.75 Å². The van der Waals surface area contributed by atoms with Gasteiger partial charge in [0.25, 0.3) is 0 Å². The van der Waals surface area contributed by atoms with Crippen LogP contribution in [0.1, 0.15) is 11.1 Å². The standard InChI is InChI=1S/C32H29NO6S/c1-37-28-18-14-26(15-19-28)27-16-20-29(21-17-27)40(35,36)30(22-13-24-9-5-3-6-10-24)32(33,31(34)38-2)39-23-25-11-7-4-8-12-25/h3-12,14-21,30H,23,33H2,1-2H3/t30-,32-/m0/s1. The van der Waals surface area contributed by atoms with Crippen molar-refractivity contribution in [2.45, 2.75) is 22.5 Å². The van der Waals surface area contributed by atoms with Crippen molar-refractivity contribution < 1.29 is 27.4 Å². The van der Waals surface area contributed by atoms with E-state index in [1.807, 2.05) is 36.4 Å². The fourth-order valence-electron chi connectivity index (χ4n) is 4.02. The van der Waals surface area contributed by atoms with E-state index in [4.69, 9.17) is 19.9 Å². The van der Waals surface area contributed by atoms with Crippen LogP contribution in [0.25, 0.3) is 11.1 Å². The maximum atomic E-state index is 14.1. The summed E-state index contributed by atoms with van der Waals surface area (Å²) in [6.07, 6.45) is 0. The van der Waals surface area contributed by atoms with Crippen molar-refractivity contribution >= 4 is 15.8 Å². The predicted molar refractivity (Wildman–Crippen MR) is 153 cm³/mol. The molecule has 4 aromatic carbocycles. The van der Waals surface area contributed by atoms with Gasteiger partial charge in [-0.1, -0.05) is 84.6 Å². The average molecular weight is 556 g/mol. The molecule has 0 aromatic heterocycles. The van der Waals surface area contributed by atoms with Crippen molar-refractivity contribution in [2.75, 3.05) is 14.2 Å². The van der Waals surface area contributed by atoms with Crippen LogP contribution >= 0.6 is 0 Å². The Bertz CT molecular complexity index is 1590. The van der Waals surface area contributed by atoms with Gasteiger partial charge in [0.05, 0.1) is 25.7 Å². The normalized spacial score (nSPS) is 13.3. The van der Waals surface area contributed by atoms with Crippen molar-refractivity contribution in [1.82, 2.24) is 0 Å². The molecule has 4 aromatic rings. The van der Waals surface area contributed by atoms with E-state index in [0.29, 0.717) is 16.9 Å². The molecule has 204 valence electrons. The van der Waals surface area contributed by atoms with Gasteiger partial charge < -0.3 is 14.2 Å². The number of ether oxygens (including phenoxy) is 3. The summed E-state index contributed by atoms with van der Waals surface area (Å²) >= 11 is 0. The van der Waals surface area contributed by atoms with E-state index in [9.17, 15) is 13.2 Å². The van der Waals surface area contributed by atoms with Gasteiger partial charge in [0, 0.05) is 5.56 Å². The number of methoxy groups -OCH3 is 2. The largest absolute Gasteiger partial charge is 0.497 e. The number of hydrogen-bond donors (Lipinski definition) is 1. The Morgan fingerprint density at radius 3 is 1.93 bits per heavy atom. The molecule has 40 heavy (non-hydrogen) atoms. The molecule has 0 spiro atoms. The zero-order valence-corrected chi connectivity index (χ0v) is 22.9. The van der Waals surface area contributed by atoms with E-state index < -0.39 is 26.8 Å². The summed E-state index contributed by atoms with van der Waals surface area (Å²) in [6, 6.07) is 31.4. The van der Waals surface area contributed by atoms with Gasteiger partial charge in [-0.2, -0.15) is 0 Å². The van der Waals surface area contributed by atoms with Crippen molar-refractivity contribution in [3.8, 4) is 28.7 Å². The molecular weight excluding hydrogens is 526 g/mol. The number of carbonyl (C=O) groups is 1. The fourth-order valence-corrected chi connectivity index (χ4v) is 5.65. The molecule has 0 unspecified atom stereocenters. The minimum Gasteiger partial charge on any atom is -0.497 e. The number of esters is 1. The molecule has 2 atom stereocenters. The summed E-state index contributed by atoms with van der Waals surface area (Å²) in [7, 11) is -1.64. The van der Waals surface area contributed by atoms with Gasteiger partial charge in [0.15, 0.2) is 15.1 Å². The summed E-state index contributed by atoms with van der Waals surface area (Å²) in [4.78, 5) is 13.0. The lowest BCUT2D eigenvalue weighted by Gasteiger charge is -2.31. The second kappa shape index (κ2) is 12.6. The van der Waals surface area contributed by atoms with E-state index in [0.717, 1.165) is 18.2 Å². The van der Waals surface area contributed by atoms with Crippen LogP contribution in [0.4, 0.5) is 0 Å². The van der Waals surface area contributed by atoms with E-state index in [2.05, 4.69) is 11.8 Å². The first-order chi connectivity index (χ1) is 19.3. The van der Waals surface area contributed by atoms with E-state index in [1.54, 1.807) is 67.8 Å². The highest BCUT2D eigenvalue weighted by Gasteiger charge is 2.51. The average Bonchev–Trinajstić information content (AvgIpc) is 3.00. The quantitative estimate of drug-likeness (QED) is 0.183. The highest BCUT2D eigenvalue weighted by molar-refractivity contribution is 7.92.